The van der Waals surface area contributed by atoms with Crippen LogP contribution in [0.3, 0.4) is 0 Å². The number of ether oxygens (including phenoxy) is 1. The van der Waals surface area contributed by atoms with Crippen molar-refractivity contribution in [3.63, 3.8) is 0 Å². The summed E-state index contributed by atoms with van der Waals surface area (Å²) >= 11 is 12.0. The number of anilines is 1. The number of hydrogen-bond donors (Lipinski definition) is 0. The number of carbonyl (C=O) groups is 1. The summed E-state index contributed by atoms with van der Waals surface area (Å²) in [7, 11) is 0. The first kappa shape index (κ1) is 15.2. The van der Waals surface area contributed by atoms with Gasteiger partial charge in [0.05, 0.1) is 5.02 Å². The van der Waals surface area contributed by atoms with Crippen molar-refractivity contribution in [1.82, 2.24) is 0 Å². The summed E-state index contributed by atoms with van der Waals surface area (Å²) < 4.78 is 5.55. The summed E-state index contributed by atoms with van der Waals surface area (Å²) in [5.74, 6) is 0.330. The number of para-hydroxylation sites is 1. The molecule has 0 aromatic heterocycles. The first-order valence-corrected chi connectivity index (χ1v) is 7.79. The number of benzene rings is 2. The lowest BCUT2D eigenvalue weighted by molar-refractivity contribution is -0.120. The van der Waals surface area contributed by atoms with E-state index in [0.29, 0.717) is 15.8 Å². The average molecular weight is 336 g/mol. The molecule has 0 saturated heterocycles. The summed E-state index contributed by atoms with van der Waals surface area (Å²) in [6.07, 6.45) is 0.861. The van der Waals surface area contributed by atoms with Gasteiger partial charge in [-0.25, -0.2) is 0 Å². The van der Waals surface area contributed by atoms with Gasteiger partial charge in [0, 0.05) is 22.8 Å². The third kappa shape index (κ3) is 2.92. The molecule has 0 N–H and O–H groups in total. The van der Waals surface area contributed by atoms with E-state index in [-0.39, 0.29) is 18.6 Å². The second-order valence-corrected chi connectivity index (χ2v) is 6.15. The summed E-state index contributed by atoms with van der Waals surface area (Å²) in [5, 5.41) is 0.957. The molecule has 1 amide bonds. The molecule has 3 rings (SSSR count). The largest absolute Gasteiger partial charge is 0.482 e. The van der Waals surface area contributed by atoms with Gasteiger partial charge in [0.2, 0.25) is 0 Å². The first-order valence-electron chi connectivity index (χ1n) is 7.04. The zero-order chi connectivity index (χ0) is 15.7. The predicted molar refractivity (Wildman–Crippen MR) is 89.1 cm³/mol. The number of amides is 1. The van der Waals surface area contributed by atoms with E-state index >= 15 is 0 Å². The Morgan fingerprint density at radius 2 is 2.05 bits per heavy atom. The summed E-state index contributed by atoms with van der Waals surface area (Å²) in [6.45, 7) is 1.96. The van der Waals surface area contributed by atoms with Crippen LogP contribution in [0.25, 0.3) is 0 Å². The van der Waals surface area contributed by atoms with Crippen LogP contribution >= 0.6 is 23.2 Å². The fraction of sp³-hybridized carbons (Fsp3) is 0.235. The minimum Gasteiger partial charge on any atom is -0.482 e. The molecule has 1 heterocycles. The van der Waals surface area contributed by atoms with Crippen LogP contribution in [0.4, 0.5) is 5.69 Å². The maximum Gasteiger partial charge on any atom is 0.265 e. The minimum absolute atomic E-state index is 0.0707. The second kappa shape index (κ2) is 6.19. The lowest BCUT2D eigenvalue weighted by atomic mass is 10.1. The molecule has 5 heteroatoms. The van der Waals surface area contributed by atoms with Gasteiger partial charge < -0.3 is 9.64 Å². The molecular weight excluding hydrogens is 321 g/mol. The van der Waals surface area contributed by atoms with Crippen molar-refractivity contribution in [2.45, 2.75) is 19.4 Å². The third-order valence-electron chi connectivity index (χ3n) is 3.72. The SMILES string of the molecule is C[C@H]1Cc2ccccc2N1C(=O)COc1cc(Cl)ccc1Cl. The molecule has 2 aromatic rings. The highest BCUT2D eigenvalue weighted by molar-refractivity contribution is 6.34. The number of hydrogen-bond acceptors (Lipinski definition) is 2. The Labute approximate surface area is 139 Å². The molecule has 0 aliphatic carbocycles. The topological polar surface area (TPSA) is 29.5 Å². The molecule has 22 heavy (non-hydrogen) atoms. The quantitative estimate of drug-likeness (QED) is 0.834. The summed E-state index contributed by atoms with van der Waals surface area (Å²) in [4.78, 5) is 14.3. The van der Waals surface area contributed by atoms with Crippen molar-refractivity contribution in [2.75, 3.05) is 11.5 Å². The molecule has 0 unspecified atom stereocenters. The molecule has 114 valence electrons. The summed E-state index contributed by atoms with van der Waals surface area (Å²) in [5.41, 5.74) is 2.14. The average Bonchev–Trinajstić information content (AvgIpc) is 2.83. The molecule has 1 aliphatic rings. The van der Waals surface area contributed by atoms with E-state index in [2.05, 4.69) is 0 Å². The van der Waals surface area contributed by atoms with Gasteiger partial charge in [-0.05, 0) is 37.1 Å². The first-order chi connectivity index (χ1) is 10.6. The maximum absolute atomic E-state index is 12.5. The Hall–Kier alpha value is -1.71. The van der Waals surface area contributed by atoms with Gasteiger partial charge in [-0.3, -0.25) is 4.79 Å². The van der Waals surface area contributed by atoms with Crippen molar-refractivity contribution in [1.29, 1.82) is 0 Å². The van der Waals surface area contributed by atoms with Gasteiger partial charge in [0.15, 0.2) is 6.61 Å². The molecule has 1 aliphatic heterocycles. The Bertz CT molecular complexity index is 718. The van der Waals surface area contributed by atoms with E-state index in [1.165, 1.54) is 5.56 Å². The smallest absolute Gasteiger partial charge is 0.265 e. The molecule has 2 aromatic carbocycles. The molecule has 1 atom stereocenters. The van der Waals surface area contributed by atoms with Crippen molar-refractivity contribution in [3.05, 3.63) is 58.1 Å². The predicted octanol–water partition coefficient (Wildman–Crippen LogP) is 4.35. The molecule has 3 nitrogen and oxygen atoms in total. The van der Waals surface area contributed by atoms with Gasteiger partial charge in [0.1, 0.15) is 5.75 Å². The normalized spacial score (nSPS) is 16.5. The molecule has 0 saturated carbocycles. The van der Waals surface area contributed by atoms with Crippen LogP contribution in [0.1, 0.15) is 12.5 Å². The Kier molecular flexibility index (Phi) is 4.27. The second-order valence-electron chi connectivity index (χ2n) is 5.31. The number of fused-ring (bicyclic) bond motifs is 1. The van der Waals surface area contributed by atoms with E-state index in [4.69, 9.17) is 27.9 Å². The Balaban J connectivity index is 1.74. The lowest BCUT2D eigenvalue weighted by Crippen LogP contribution is -2.39. The van der Waals surface area contributed by atoms with Crippen molar-refractivity contribution in [3.8, 4) is 5.75 Å². The van der Waals surface area contributed by atoms with Gasteiger partial charge in [-0.2, -0.15) is 0 Å². The van der Waals surface area contributed by atoms with E-state index < -0.39 is 0 Å². The van der Waals surface area contributed by atoms with Gasteiger partial charge in [-0.15, -0.1) is 0 Å². The van der Waals surface area contributed by atoms with Crippen LogP contribution in [-0.4, -0.2) is 18.6 Å². The Morgan fingerprint density at radius 3 is 2.86 bits per heavy atom. The number of halogens is 2. The fourth-order valence-electron chi connectivity index (χ4n) is 2.74. The van der Waals surface area contributed by atoms with E-state index in [9.17, 15) is 4.79 Å². The molecular formula is C17H15Cl2NO2. The fourth-order valence-corrected chi connectivity index (χ4v) is 3.08. The van der Waals surface area contributed by atoms with Crippen LogP contribution in [-0.2, 0) is 11.2 Å². The molecule has 0 bridgehead atoms. The van der Waals surface area contributed by atoms with Crippen LogP contribution in [0.15, 0.2) is 42.5 Å². The van der Waals surface area contributed by atoms with Crippen molar-refractivity contribution in [2.24, 2.45) is 0 Å². The van der Waals surface area contributed by atoms with Crippen molar-refractivity contribution < 1.29 is 9.53 Å². The summed E-state index contributed by atoms with van der Waals surface area (Å²) in [6, 6.07) is 13.0. The molecule has 0 radical (unpaired) electrons. The van der Waals surface area contributed by atoms with Crippen LogP contribution in [0.2, 0.25) is 10.0 Å². The number of rotatable bonds is 3. The standard InChI is InChI=1S/C17H15Cl2NO2/c1-11-8-12-4-2-3-5-15(12)20(11)17(21)10-22-16-9-13(18)6-7-14(16)19/h2-7,9,11H,8,10H2,1H3/t11-/m0/s1. The Morgan fingerprint density at radius 1 is 1.27 bits per heavy atom. The highest BCUT2D eigenvalue weighted by atomic mass is 35.5. The maximum atomic E-state index is 12.5. The van der Waals surface area contributed by atoms with E-state index in [0.717, 1.165) is 12.1 Å². The van der Waals surface area contributed by atoms with E-state index in [1.54, 1.807) is 23.1 Å². The van der Waals surface area contributed by atoms with Crippen LogP contribution in [0, 0.1) is 0 Å². The number of nitrogens with zero attached hydrogens (tertiary/aromatic N) is 1. The van der Waals surface area contributed by atoms with Gasteiger partial charge in [-0.1, -0.05) is 41.4 Å². The van der Waals surface area contributed by atoms with Crippen molar-refractivity contribution >= 4 is 34.8 Å². The number of carbonyl (C=O) groups excluding carboxylic acids is 1. The van der Waals surface area contributed by atoms with Gasteiger partial charge in [0.25, 0.3) is 5.91 Å². The highest BCUT2D eigenvalue weighted by Crippen LogP contribution is 2.32. The molecule has 0 spiro atoms. The highest BCUT2D eigenvalue weighted by Gasteiger charge is 2.30. The lowest BCUT2D eigenvalue weighted by Gasteiger charge is -2.22. The van der Waals surface area contributed by atoms with E-state index in [1.807, 2.05) is 31.2 Å². The van der Waals surface area contributed by atoms with Gasteiger partial charge >= 0.3 is 0 Å². The van der Waals surface area contributed by atoms with Crippen LogP contribution < -0.4 is 9.64 Å². The molecule has 0 fully saturated rings. The third-order valence-corrected chi connectivity index (χ3v) is 4.27. The van der Waals surface area contributed by atoms with Crippen LogP contribution in [0.5, 0.6) is 5.75 Å². The zero-order valence-corrected chi connectivity index (χ0v) is 13.6. The monoisotopic (exact) mass is 335 g/mol. The minimum atomic E-state index is -0.0894. The zero-order valence-electron chi connectivity index (χ0n) is 12.1.